The van der Waals surface area contributed by atoms with Gasteiger partial charge in [0.1, 0.15) is 16.5 Å². The number of hydrogen-bond acceptors (Lipinski definition) is 8. The molecule has 2 aliphatic heterocycles. The van der Waals surface area contributed by atoms with Gasteiger partial charge in [-0.15, -0.1) is 0 Å². The Balaban J connectivity index is 1.88. The summed E-state index contributed by atoms with van der Waals surface area (Å²) in [5, 5.41) is 19.9. The maximum Gasteiger partial charge on any atom is 0.433 e. The Morgan fingerprint density at radius 1 is 1.52 bits per heavy atom. The normalized spacial score (nSPS) is 18.7. The molecule has 0 bridgehead atoms. The van der Waals surface area contributed by atoms with Crippen molar-refractivity contribution in [3.8, 4) is 0 Å². The Morgan fingerprint density at radius 2 is 2.28 bits per heavy atom. The highest BCUT2D eigenvalue weighted by molar-refractivity contribution is 8.19. The molecule has 1 aromatic rings. The van der Waals surface area contributed by atoms with Crippen molar-refractivity contribution in [3.05, 3.63) is 33.6 Å². The summed E-state index contributed by atoms with van der Waals surface area (Å²) in [6.45, 7) is 4.15. The van der Waals surface area contributed by atoms with Gasteiger partial charge in [-0.1, -0.05) is 25.6 Å². The van der Waals surface area contributed by atoms with E-state index in [1.807, 2.05) is 0 Å². The molecule has 0 saturated heterocycles. The molecule has 3 rings (SSSR count). The van der Waals surface area contributed by atoms with E-state index in [0.29, 0.717) is 16.3 Å². The zero-order valence-electron chi connectivity index (χ0n) is 13.3. The van der Waals surface area contributed by atoms with E-state index < -0.39 is 16.7 Å². The first-order chi connectivity index (χ1) is 11.9. The minimum atomic E-state index is -0.670. The molecule has 0 atom stereocenters. The van der Waals surface area contributed by atoms with Gasteiger partial charge in [0.05, 0.1) is 23.6 Å². The minimum absolute atomic E-state index is 0.00616. The maximum atomic E-state index is 12.2. The Labute approximate surface area is 151 Å². The Hall–Kier alpha value is -2.40. The van der Waals surface area contributed by atoms with Crippen molar-refractivity contribution in [3.63, 3.8) is 0 Å². The van der Waals surface area contributed by atoms with Crippen LogP contribution in [0.5, 0.6) is 0 Å². The van der Waals surface area contributed by atoms with Crippen LogP contribution >= 0.6 is 23.7 Å². The monoisotopic (exact) mass is 379 g/mol. The van der Waals surface area contributed by atoms with Crippen LogP contribution < -0.4 is 0 Å². The SMILES string of the molecule is CC(C)CSC1=NSC2=NC(=O)/C(=C\c3ccc([N+](=O)[O-])o3)C(=N)N12. The van der Waals surface area contributed by atoms with Crippen molar-refractivity contribution < 1.29 is 14.1 Å². The third-order valence-corrected chi connectivity index (χ3v) is 5.30. The van der Waals surface area contributed by atoms with Crippen molar-refractivity contribution in [1.29, 1.82) is 5.41 Å². The van der Waals surface area contributed by atoms with Crippen LogP contribution in [0.25, 0.3) is 6.08 Å². The summed E-state index contributed by atoms with van der Waals surface area (Å²) in [4.78, 5) is 27.7. The quantitative estimate of drug-likeness (QED) is 0.368. The molecule has 0 spiro atoms. The van der Waals surface area contributed by atoms with Gasteiger partial charge in [-0.2, -0.15) is 9.39 Å². The van der Waals surface area contributed by atoms with Gasteiger partial charge in [0.2, 0.25) is 5.17 Å². The maximum absolute atomic E-state index is 12.2. The molecule has 9 nitrogen and oxygen atoms in total. The second-order valence-corrected chi connectivity index (χ2v) is 7.26. The molecule has 11 heteroatoms. The lowest BCUT2D eigenvalue weighted by molar-refractivity contribution is -0.402. The largest absolute Gasteiger partial charge is 0.433 e. The van der Waals surface area contributed by atoms with E-state index in [0.717, 1.165) is 17.7 Å². The number of nitrogens with one attached hydrogen (secondary N) is 1. The predicted octanol–water partition coefficient (Wildman–Crippen LogP) is 3.15. The van der Waals surface area contributed by atoms with Gasteiger partial charge in [0, 0.05) is 5.75 Å². The van der Waals surface area contributed by atoms with E-state index in [-0.39, 0.29) is 17.2 Å². The van der Waals surface area contributed by atoms with E-state index in [9.17, 15) is 14.9 Å². The molecular weight excluding hydrogens is 366 g/mol. The first-order valence-corrected chi connectivity index (χ1v) is 8.98. The van der Waals surface area contributed by atoms with Gasteiger partial charge in [-0.05, 0) is 18.1 Å². The average molecular weight is 379 g/mol. The summed E-state index contributed by atoms with van der Waals surface area (Å²) in [5.41, 5.74) is -0.00616. The molecule has 2 aliphatic rings. The minimum Gasteiger partial charge on any atom is -0.401 e. The summed E-state index contributed by atoms with van der Waals surface area (Å²) >= 11 is 2.53. The lowest BCUT2D eigenvalue weighted by atomic mass is 10.1. The number of hydrogen-bond donors (Lipinski definition) is 1. The van der Waals surface area contributed by atoms with E-state index in [2.05, 4.69) is 23.2 Å². The fourth-order valence-corrected chi connectivity index (χ4v) is 3.79. The molecular formula is C14H13N5O4S2. The second kappa shape index (κ2) is 6.84. The topological polar surface area (TPSA) is 125 Å². The van der Waals surface area contributed by atoms with E-state index in [1.165, 1.54) is 34.9 Å². The van der Waals surface area contributed by atoms with E-state index in [1.54, 1.807) is 0 Å². The zero-order valence-corrected chi connectivity index (χ0v) is 14.9. The number of nitro groups is 1. The Bertz CT molecular complexity index is 855. The van der Waals surface area contributed by atoms with Crippen LogP contribution in [0, 0.1) is 21.4 Å². The van der Waals surface area contributed by atoms with Gasteiger partial charge in [-0.25, -0.2) is 4.90 Å². The van der Waals surface area contributed by atoms with Crippen LogP contribution in [-0.2, 0) is 4.79 Å². The number of carbonyl (C=O) groups excluding carboxylic acids is 1. The predicted molar refractivity (Wildman–Crippen MR) is 97.7 cm³/mol. The zero-order chi connectivity index (χ0) is 18.1. The van der Waals surface area contributed by atoms with Crippen LogP contribution in [-0.4, -0.2) is 37.7 Å². The number of amides is 1. The van der Waals surface area contributed by atoms with Crippen molar-refractivity contribution in [1.82, 2.24) is 4.90 Å². The van der Waals surface area contributed by atoms with E-state index in [4.69, 9.17) is 9.83 Å². The summed E-state index contributed by atoms with van der Waals surface area (Å²) < 4.78 is 9.29. The first kappa shape index (κ1) is 17.4. The van der Waals surface area contributed by atoms with Crippen LogP contribution in [0.2, 0.25) is 0 Å². The van der Waals surface area contributed by atoms with Gasteiger partial charge in [0.25, 0.3) is 5.91 Å². The van der Waals surface area contributed by atoms with Gasteiger partial charge >= 0.3 is 5.88 Å². The number of carbonyl (C=O) groups is 1. The third kappa shape index (κ3) is 3.51. The van der Waals surface area contributed by atoms with Crippen molar-refractivity contribution in [2.75, 3.05) is 5.75 Å². The molecule has 0 saturated carbocycles. The average Bonchev–Trinajstić information content (AvgIpc) is 3.16. The summed E-state index contributed by atoms with van der Waals surface area (Å²) in [6.07, 6.45) is 1.28. The van der Waals surface area contributed by atoms with Gasteiger partial charge in [0.15, 0.2) is 5.17 Å². The molecule has 1 amide bonds. The number of fused-ring (bicyclic) bond motifs is 1. The van der Waals surface area contributed by atoms with Gasteiger partial charge in [-0.3, -0.25) is 20.3 Å². The van der Waals surface area contributed by atoms with Crippen LogP contribution in [0.1, 0.15) is 19.6 Å². The smallest absolute Gasteiger partial charge is 0.401 e. The second-order valence-electron chi connectivity index (χ2n) is 5.54. The van der Waals surface area contributed by atoms with Crippen LogP contribution in [0.15, 0.2) is 31.5 Å². The molecule has 130 valence electrons. The number of aliphatic imine (C=N–C) groups is 1. The number of furan rings is 1. The number of rotatable bonds is 4. The highest BCUT2D eigenvalue weighted by atomic mass is 32.2. The molecule has 0 aliphatic carbocycles. The molecule has 0 radical (unpaired) electrons. The molecule has 1 aromatic heterocycles. The Kier molecular flexibility index (Phi) is 4.77. The van der Waals surface area contributed by atoms with Crippen LogP contribution in [0.4, 0.5) is 5.88 Å². The summed E-state index contributed by atoms with van der Waals surface area (Å²) in [7, 11) is 0. The fourth-order valence-electron chi connectivity index (χ4n) is 2.00. The van der Waals surface area contributed by atoms with E-state index >= 15 is 0 Å². The van der Waals surface area contributed by atoms with Crippen molar-refractivity contribution >= 4 is 57.7 Å². The molecule has 3 heterocycles. The Morgan fingerprint density at radius 3 is 2.92 bits per heavy atom. The summed E-state index contributed by atoms with van der Waals surface area (Å²) in [5.74, 6) is 0.254. The fraction of sp³-hybridized carbons (Fsp3) is 0.286. The molecule has 1 N–H and O–H groups in total. The molecule has 0 aromatic carbocycles. The standard InChI is InChI=1S/C14H13N5O4S2/c1-7(2)6-24-14-17-25-13-16-12(20)9(11(15)18(13)14)5-8-3-4-10(23-8)19(21)22/h3-5,7,15H,6H2,1-2H3/b9-5-,15-11?. The highest BCUT2D eigenvalue weighted by Gasteiger charge is 2.37. The number of nitrogens with zero attached hydrogens (tertiary/aromatic N) is 4. The third-order valence-electron chi connectivity index (χ3n) is 3.12. The highest BCUT2D eigenvalue weighted by Crippen LogP contribution is 2.32. The molecule has 0 fully saturated rings. The lowest BCUT2D eigenvalue weighted by Crippen LogP contribution is -2.41. The van der Waals surface area contributed by atoms with Gasteiger partial charge < -0.3 is 4.42 Å². The van der Waals surface area contributed by atoms with Crippen LogP contribution in [0.3, 0.4) is 0 Å². The lowest BCUT2D eigenvalue weighted by Gasteiger charge is -2.24. The number of thioether (sulfide) groups is 1. The summed E-state index contributed by atoms with van der Waals surface area (Å²) in [6, 6.07) is 2.56. The van der Waals surface area contributed by atoms with Crippen molar-refractivity contribution in [2.45, 2.75) is 13.8 Å². The van der Waals surface area contributed by atoms with Crippen molar-refractivity contribution in [2.24, 2.45) is 15.3 Å². The molecule has 0 unspecified atom stereocenters. The first-order valence-electron chi connectivity index (χ1n) is 7.22. The number of amidine groups is 3. The molecule has 25 heavy (non-hydrogen) atoms.